The molecule has 1 aromatic carbocycles. The van der Waals surface area contributed by atoms with Gasteiger partial charge < -0.3 is 5.73 Å². The first-order valence-corrected chi connectivity index (χ1v) is 6.74. The monoisotopic (exact) mass is 260 g/mol. The molecule has 102 valence electrons. The van der Waals surface area contributed by atoms with Crippen LogP contribution >= 0.6 is 0 Å². The summed E-state index contributed by atoms with van der Waals surface area (Å²) in [6, 6.07) is 7.42. The lowest BCUT2D eigenvalue weighted by molar-refractivity contribution is -0.141. The van der Waals surface area contributed by atoms with Crippen molar-refractivity contribution >= 4 is 17.5 Å². The summed E-state index contributed by atoms with van der Waals surface area (Å²) >= 11 is 0. The van der Waals surface area contributed by atoms with Crippen LogP contribution in [0.4, 0.5) is 5.69 Å². The molecule has 0 unspecified atom stereocenters. The zero-order valence-electron chi connectivity index (χ0n) is 11.4. The topological polar surface area (TPSA) is 72.2 Å². The van der Waals surface area contributed by atoms with Gasteiger partial charge in [-0.1, -0.05) is 32.4 Å². The average molecular weight is 260 g/mol. The predicted octanol–water partition coefficient (Wildman–Crippen LogP) is 1.99. The van der Waals surface area contributed by atoms with Crippen LogP contribution in [0.15, 0.2) is 24.3 Å². The minimum Gasteiger partial charge on any atom is -0.399 e. The first kappa shape index (κ1) is 13.6. The first-order valence-electron chi connectivity index (χ1n) is 6.74. The van der Waals surface area contributed by atoms with E-state index >= 15 is 0 Å². The maximum atomic E-state index is 12.4. The summed E-state index contributed by atoms with van der Waals surface area (Å²) in [4.78, 5) is 24.0. The lowest BCUT2D eigenvalue weighted by Crippen LogP contribution is -2.56. The second-order valence-corrected chi connectivity index (χ2v) is 5.13. The van der Waals surface area contributed by atoms with Crippen LogP contribution < -0.4 is 11.1 Å². The van der Waals surface area contributed by atoms with Gasteiger partial charge in [0.15, 0.2) is 0 Å². The van der Waals surface area contributed by atoms with Gasteiger partial charge in [-0.05, 0) is 30.0 Å². The number of hydrogen-bond acceptors (Lipinski definition) is 3. The molecule has 2 atom stereocenters. The Bertz CT molecular complexity index is 495. The number of anilines is 1. The first-order chi connectivity index (χ1) is 9.04. The maximum Gasteiger partial charge on any atom is 0.237 e. The maximum absolute atomic E-state index is 12.4. The summed E-state index contributed by atoms with van der Waals surface area (Å²) in [5, 5.41) is 2.49. The number of amides is 2. The van der Waals surface area contributed by atoms with Crippen LogP contribution in [0.1, 0.15) is 38.7 Å². The third-order valence-electron chi connectivity index (χ3n) is 4.26. The second kappa shape index (κ2) is 5.03. The van der Waals surface area contributed by atoms with E-state index in [1.165, 1.54) is 0 Å². The number of carbonyl (C=O) groups is 2. The van der Waals surface area contributed by atoms with Gasteiger partial charge >= 0.3 is 0 Å². The second-order valence-electron chi connectivity index (χ2n) is 5.13. The third-order valence-corrected chi connectivity index (χ3v) is 4.26. The highest BCUT2D eigenvalue weighted by Gasteiger charge is 2.49. The van der Waals surface area contributed by atoms with Crippen molar-refractivity contribution in [2.24, 2.45) is 5.92 Å². The van der Waals surface area contributed by atoms with Crippen LogP contribution in [0.5, 0.6) is 0 Å². The van der Waals surface area contributed by atoms with Crippen molar-refractivity contribution in [1.29, 1.82) is 0 Å². The molecule has 1 saturated heterocycles. The zero-order chi connectivity index (χ0) is 14.0. The van der Waals surface area contributed by atoms with E-state index in [1.54, 1.807) is 0 Å². The molecule has 4 nitrogen and oxygen atoms in total. The van der Waals surface area contributed by atoms with Crippen molar-refractivity contribution in [3.63, 3.8) is 0 Å². The molecule has 1 aromatic rings. The molecule has 3 N–H and O–H groups in total. The number of nitrogens with two attached hydrogens (primary N) is 1. The molecule has 1 fully saturated rings. The van der Waals surface area contributed by atoms with E-state index in [2.05, 4.69) is 5.32 Å². The molecule has 0 aliphatic carbocycles. The van der Waals surface area contributed by atoms with Crippen LogP contribution in [0.25, 0.3) is 0 Å². The normalized spacial score (nSPS) is 27.2. The molecule has 2 amide bonds. The van der Waals surface area contributed by atoms with E-state index in [-0.39, 0.29) is 17.7 Å². The van der Waals surface area contributed by atoms with Crippen LogP contribution in [0.2, 0.25) is 0 Å². The van der Waals surface area contributed by atoms with E-state index in [9.17, 15) is 9.59 Å². The van der Waals surface area contributed by atoms with Crippen molar-refractivity contribution in [3.05, 3.63) is 29.8 Å². The van der Waals surface area contributed by atoms with Gasteiger partial charge in [-0.25, -0.2) is 0 Å². The zero-order valence-corrected chi connectivity index (χ0v) is 11.4. The van der Waals surface area contributed by atoms with Crippen molar-refractivity contribution in [3.8, 4) is 0 Å². The Labute approximate surface area is 113 Å². The van der Waals surface area contributed by atoms with Crippen LogP contribution in [0, 0.1) is 5.92 Å². The molecule has 0 saturated carbocycles. The minimum absolute atomic E-state index is 0.0439. The van der Waals surface area contributed by atoms with Crippen molar-refractivity contribution in [2.75, 3.05) is 5.73 Å². The number of nitrogens with one attached hydrogen (secondary N) is 1. The van der Waals surface area contributed by atoms with Gasteiger partial charge in [0, 0.05) is 12.1 Å². The molecule has 0 radical (unpaired) electrons. The molecular formula is C15H20N2O2. The van der Waals surface area contributed by atoms with Crippen molar-refractivity contribution in [2.45, 2.75) is 38.5 Å². The number of piperidine rings is 1. The summed E-state index contributed by atoms with van der Waals surface area (Å²) < 4.78 is 0. The van der Waals surface area contributed by atoms with E-state index in [4.69, 9.17) is 5.73 Å². The number of carbonyl (C=O) groups excluding carboxylic acids is 2. The lowest BCUT2D eigenvalue weighted by atomic mass is 9.63. The van der Waals surface area contributed by atoms with Crippen molar-refractivity contribution in [1.82, 2.24) is 5.32 Å². The van der Waals surface area contributed by atoms with E-state index in [0.29, 0.717) is 18.5 Å². The fourth-order valence-electron chi connectivity index (χ4n) is 3.17. The highest BCUT2D eigenvalue weighted by atomic mass is 16.2. The van der Waals surface area contributed by atoms with E-state index < -0.39 is 5.41 Å². The summed E-state index contributed by atoms with van der Waals surface area (Å²) in [6.45, 7) is 4.02. The minimum atomic E-state index is -0.615. The standard InChI is InChI=1S/C15H20N2O2/c1-3-10-9-13(18)17-14(19)15(10,4-2)11-5-7-12(16)8-6-11/h5-8,10H,3-4,9,16H2,1-2H3,(H,17,18,19)/t10-,15+/m0/s1. The molecule has 2 rings (SSSR count). The smallest absolute Gasteiger partial charge is 0.237 e. The van der Waals surface area contributed by atoms with Crippen LogP contribution in [-0.2, 0) is 15.0 Å². The average Bonchev–Trinajstić information content (AvgIpc) is 2.40. The SMILES string of the molecule is CC[C@H]1CC(=O)NC(=O)[C@@]1(CC)c1ccc(N)cc1. The quantitative estimate of drug-likeness (QED) is 0.645. The lowest BCUT2D eigenvalue weighted by Gasteiger charge is -2.41. The fraction of sp³-hybridized carbons (Fsp3) is 0.467. The largest absolute Gasteiger partial charge is 0.399 e. The van der Waals surface area contributed by atoms with Gasteiger partial charge in [0.05, 0.1) is 5.41 Å². The van der Waals surface area contributed by atoms with Gasteiger partial charge in [-0.2, -0.15) is 0 Å². The Morgan fingerprint density at radius 2 is 1.89 bits per heavy atom. The van der Waals surface area contributed by atoms with Gasteiger partial charge in [-0.15, -0.1) is 0 Å². The predicted molar refractivity (Wildman–Crippen MR) is 74.4 cm³/mol. The Balaban J connectivity index is 2.52. The summed E-state index contributed by atoms with van der Waals surface area (Å²) in [5.41, 5.74) is 6.72. The molecule has 1 aliphatic rings. The van der Waals surface area contributed by atoms with Gasteiger partial charge in [0.1, 0.15) is 0 Å². The molecular weight excluding hydrogens is 240 g/mol. The van der Waals surface area contributed by atoms with Gasteiger partial charge in [-0.3, -0.25) is 14.9 Å². The number of imide groups is 1. The molecule has 0 aromatic heterocycles. The molecule has 4 heteroatoms. The Kier molecular flexibility index (Phi) is 3.60. The molecule has 1 aliphatic heterocycles. The van der Waals surface area contributed by atoms with Crippen molar-refractivity contribution < 1.29 is 9.59 Å². The number of hydrogen-bond donors (Lipinski definition) is 2. The Hall–Kier alpha value is -1.84. The van der Waals surface area contributed by atoms with E-state index in [1.807, 2.05) is 38.1 Å². The number of benzene rings is 1. The summed E-state index contributed by atoms with van der Waals surface area (Å²) in [7, 11) is 0. The van der Waals surface area contributed by atoms with Crippen LogP contribution in [-0.4, -0.2) is 11.8 Å². The third kappa shape index (κ3) is 2.11. The Morgan fingerprint density at radius 1 is 1.26 bits per heavy atom. The Morgan fingerprint density at radius 3 is 2.42 bits per heavy atom. The summed E-state index contributed by atoms with van der Waals surface area (Å²) in [5.74, 6) is -0.304. The number of nitrogen functional groups attached to an aromatic ring is 1. The van der Waals surface area contributed by atoms with Gasteiger partial charge in [0.25, 0.3) is 0 Å². The molecule has 0 spiro atoms. The highest BCUT2D eigenvalue weighted by Crippen LogP contribution is 2.42. The molecule has 1 heterocycles. The van der Waals surface area contributed by atoms with Crippen LogP contribution in [0.3, 0.4) is 0 Å². The molecule has 19 heavy (non-hydrogen) atoms. The highest BCUT2D eigenvalue weighted by molar-refractivity contribution is 6.04. The number of rotatable bonds is 3. The van der Waals surface area contributed by atoms with Gasteiger partial charge in [0.2, 0.25) is 11.8 Å². The van der Waals surface area contributed by atoms with E-state index in [0.717, 1.165) is 12.0 Å². The fourth-order valence-corrected chi connectivity index (χ4v) is 3.17. The summed E-state index contributed by atoms with van der Waals surface area (Å²) in [6.07, 6.45) is 1.88. The molecule has 0 bridgehead atoms.